The minimum atomic E-state index is 0.646. The molecular weight excluding hydrogens is 471 g/mol. The number of nitrogens with zero attached hydrogens (tertiary/aromatic N) is 4. The van der Waals surface area contributed by atoms with Crippen molar-refractivity contribution in [2.45, 2.75) is 26.3 Å². The van der Waals surface area contributed by atoms with Crippen LogP contribution in [0.2, 0.25) is 0 Å². The molecule has 0 saturated heterocycles. The van der Waals surface area contributed by atoms with Gasteiger partial charge in [0.1, 0.15) is 5.75 Å². The van der Waals surface area contributed by atoms with Crippen molar-refractivity contribution < 1.29 is 13.9 Å². The first-order chi connectivity index (χ1) is 18.7. The fourth-order valence-electron chi connectivity index (χ4n) is 5.28. The van der Waals surface area contributed by atoms with Gasteiger partial charge in [-0.05, 0) is 55.7 Å². The van der Waals surface area contributed by atoms with Gasteiger partial charge in [0.05, 0.1) is 24.1 Å². The Morgan fingerprint density at radius 2 is 1.87 bits per heavy atom. The number of azo groups is 2. The van der Waals surface area contributed by atoms with E-state index < -0.39 is 0 Å². The summed E-state index contributed by atoms with van der Waals surface area (Å²) >= 11 is 0. The van der Waals surface area contributed by atoms with Crippen molar-refractivity contribution >= 4 is 30.5 Å². The van der Waals surface area contributed by atoms with Crippen LogP contribution in [0.5, 0.6) is 5.75 Å². The summed E-state index contributed by atoms with van der Waals surface area (Å²) in [5.41, 5.74) is 8.11. The van der Waals surface area contributed by atoms with Crippen LogP contribution in [-0.4, -0.2) is 40.7 Å². The van der Waals surface area contributed by atoms with Crippen LogP contribution in [0.25, 0.3) is 5.57 Å². The Morgan fingerprint density at radius 1 is 1.05 bits per heavy atom. The van der Waals surface area contributed by atoms with Gasteiger partial charge in [-0.25, -0.2) is 0 Å². The molecule has 3 aromatic rings. The predicted molar refractivity (Wildman–Crippen MR) is 150 cm³/mol. The lowest BCUT2D eigenvalue weighted by Gasteiger charge is -2.19. The van der Waals surface area contributed by atoms with E-state index in [1.807, 2.05) is 30.8 Å². The molecule has 3 aliphatic heterocycles. The van der Waals surface area contributed by atoms with Gasteiger partial charge in [-0.15, -0.1) is 0 Å². The highest BCUT2D eigenvalue weighted by atomic mass is 16.5. The molecule has 1 saturated carbocycles. The van der Waals surface area contributed by atoms with E-state index in [0.29, 0.717) is 19.1 Å². The number of anilines is 2. The average Bonchev–Trinajstić information content (AvgIpc) is 3.55. The fraction of sp³-hybridized carbons (Fsp3) is 0.233. The van der Waals surface area contributed by atoms with Crippen LogP contribution in [0.1, 0.15) is 36.6 Å². The maximum Gasteiger partial charge on any atom is 0.706 e. The smallest absolute Gasteiger partial charge is 0.494 e. The highest BCUT2D eigenvalue weighted by molar-refractivity contribution is 6.29. The molecule has 0 spiro atoms. The highest BCUT2D eigenvalue weighted by Gasteiger charge is 2.46. The number of ether oxygens (including phenoxy) is 1. The third-order valence-electron chi connectivity index (χ3n) is 7.46. The summed E-state index contributed by atoms with van der Waals surface area (Å²) < 4.78 is 12.3. The monoisotopic (exact) mass is 501 g/mol. The first-order valence-electron chi connectivity index (χ1n) is 13.3. The Balaban J connectivity index is 1.27. The van der Waals surface area contributed by atoms with Gasteiger partial charge in [-0.1, -0.05) is 30.3 Å². The van der Waals surface area contributed by atoms with Gasteiger partial charge in [0.15, 0.2) is 11.4 Å². The Labute approximate surface area is 223 Å². The number of amidine groups is 1. The van der Waals surface area contributed by atoms with Crippen LogP contribution in [-0.2, 0) is 6.54 Å². The molecule has 4 heterocycles. The third kappa shape index (κ3) is 3.88. The first kappa shape index (κ1) is 22.8. The molecule has 1 fully saturated rings. The molecule has 38 heavy (non-hydrogen) atoms. The maximum atomic E-state index is 5.85. The van der Waals surface area contributed by atoms with E-state index in [1.165, 1.54) is 29.7 Å². The van der Waals surface area contributed by atoms with Crippen molar-refractivity contribution in [1.82, 2.24) is 4.48 Å². The molecule has 7 rings (SSSR count). The lowest BCUT2D eigenvalue weighted by molar-refractivity contribution is -0.490. The van der Waals surface area contributed by atoms with Gasteiger partial charge in [0, 0.05) is 52.3 Å². The molecular formula is C30H30BN6O+2. The van der Waals surface area contributed by atoms with Crippen molar-refractivity contribution in [3.8, 4) is 5.75 Å². The van der Waals surface area contributed by atoms with Crippen LogP contribution in [0, 0.1) is 5.92 Å². The van der Waals surface area contributed by atoms with Crippen molar-refractivity contribution in [2.75, 3.05) is 24.3 Å². The van der Waals surface area contributed by atoms with Crippen LogP contribution < -0.4 is 15.4 Å². The number of benzene rings is 2. The van der Waals surface area contributed by atoms with Gasteiger partial charge in [-0.2, -0.15) is 4.49 Å². The van der Waals surface area contributed by atoms with Crippen molar-refractivity contribution in [3.05, 3.63) is 107 Å². The molecule has 1 radical (unpaired) electrons. The molecule has 1 aromatic heterocycles. The maximum absolute atomic E-state index is 5.85. The van der Waals surface area contributed by atoms with Crippen LogP contribution in [0.4, 0.5) is 11.5 Å². The summed E-state index contributed by atoms with van der Waals surface area (Å²) in [6.07, 6.45) is 9.07. The molecule has 187 valence electrons. The van der Waals surface area contributed by atoms with Crippen LogP contribution in [0.3, 0.4) is 0 Å². The molecule has 0 amide bonds. The molecule has 0 bridgehead atoms. The average molecular weight is 501 g/mol. The number of hydrogen-bond donors (Lipinski definition) is 2. The minimum absolute atomic E-state index is 0.646. The topological polar surface area (TPSA) is 56.6 Å². The Bertz CT molecular complexity index is 1590. The minimum Gasteiger partial charge on any atom is -0.494 e. The van der Waals surface area contributed by atoms with Crippen LogP contribution in [0.15, 0.2) is 95.5 Å². The summed E-state index contributed by atoms with van der Waals surface area (Å²) in [6.45, 7) is 3.33. The lowest BCUT2D eigenvalue weighted by atomic mass is 9.92. The SMILES string of the molecule is CCOc1ccccc1CNc1ccc2n1[B][N+]1=C([N+]3=NC(C4CC4)=C3)C=CC1=C2c1ccc(NC)cc1. The van der Waals surface area contributed by atoms with Crippen molar-refractivity contribution in [2.24, 2.45) is 11.0 Å². The summed E-state index contributed by atoms with van der Waals surface area (Å²) in [6, 6.07) is 21.2. The van der Waals surface area contributed by atoms with E-state index >= 15 is 0 Å². The molecule has 7 nitrogen and oxygen atoms in total. The predicted octanol–water partition coefficient (Wildman–Crippen LogP) is 5.41. The number of para-hydroxylation sites is 1. The quantitative estimate of drug-likeness (QED) is 0.321. The van der Waals surface area contributed by atoms with E-state index in [1.54, 1.807) is 0 Å². The molecule has 1 aliphatic carbocycles. The normalized spacial score (nSPS) is 17.3. The second-order valence-electron chi connectivity index (χ2n) is 9.91. The summed E-state index contributed by atoms with van der Waals surface area (Å²) in [7, 11) is 4.11. The standard InChI is InChI=1S/C30H30BN6O/c1-3-38-27-7-5-4-6-22(27)18-33-28-16-14-25-30(21-10-12-23(32-2)13-11-21)26-15-17-29(37(26)31-36(25)28)35-19-24(34-35)20-8-9-20/h4-7,10-17,19-20,32-33H,3,8-9,18H2,1-2H3/q+2. The van der Waals surface area contributed by atoms with Gasteiger partial charge < -0.3 is 19.8 Å². The second kappa shape index (κ2) is 9.21. The van der Waals surface area contributed by atoms with E-state index in [-0.39, 0.29) is 0 Å². The number of nitrogens with one attached hydrogen (secondary N) is 2. The zero-order chi connectivity index (χ0) is 25.6. The van der Waals surface area contributed by atoms with E-state index in [9.17, 15) is 0 Å². The third-order valence-corrected chi connectivity index (χ3v) is 7.46. The molecule has 8 heteroatoms. The van der Waals surface area contributed by atoms with Crippen molar-refractivity contribution in [1.29, 1.82) is 0 Å². The van der Waals surface area contributed by atoms with E-state index in [0.717, 1.165) is 40.0 Å². The molecule has 0 unspecified atom stereocenters. The number of hydrogen-bond acceptors (Lipinski definition) is 4. The Kier molecular flexibility index (Phi) is 5.53. The largest absolute Gasteiger partial charge is 0.706 e. The Hall–Kier alpha value is -4.33. The summed E-state index contributed by atoms with van der Waals surface area (Å²) in [5.74, 6) is 3.64. The van der Waals surface area contributed by atoms with Crippen LogP contribution >= 0.6 is 0 Å². The van der Waals surface area contributed by atoms with Gasteiger partial charge in [0.25, 0.3) is 0 Å². The molecule has 2 N–H and O–H groups in total. The number of fused-ring (bicyclic) bond motifs is 2. The highest BCUT2D eigenvalue weighted by Crippen LogP contribution is 2.41. The molecule has 0 atom stereocenters. The second-order valence-corrected chi connectivity index (χ2v) is 9.91. The number of allylic oxidation sites excluding steroid dienone is 2. The summed E-state index contributed by atoms with van der Waals surface area (Å²) in [4.78, 5) is 0. The molecule has 2 aromatic carbocycles. The van der Waals surface area contributed by atoms with Gasteiger partial charge in [-0.3, -0.25) is 0 Å². The first-order valence-corrected chi connectivity index (χ1v) is 13.3. The summed E-state index contributed by atoms with van der Waals surface area (Å²) in [5, 5.41) is 11.7. The zero-order valence-electron chi connectivity index (χ0n) is 21.7. The number of aromatic nitrogens is 1. The number of rotatable bonds is 8. The van der Waals surface area contributed by atoms with E-state index in [4.69, 9.17) is 9.85 Å². The van der Waals surface area contributed by atoms with E-state index in [2.05, 4.69) is 94.0 Å². The van der Waals surface area contributed by atoms with Crippen molar-refractivity contribution in [3.63, 3.8) is 0 Å². The van der Waals surface area contributed by atoms with Gasteiger partial charge in [0.2, 0.25) is 6.20 Å². The Morgan fingerprint density at radius 3 is 2.63 bits per heavy atom. The molecule has 4 aliphatic rings. The zero-order valence-corrected chi connectivity index (χ0v) is 21.7. The lowest BCUT2D eigenvalue weighted by Crippen LogP contribution is -2.36. The van der Waals surface area contributed by atoms with Gasteiger partial charge >= 0.3 is 13.4 Å². The fourth-order valence-corrected chi connectivity index (χ4v) is 5.28.